The first-order valence-corrected chi connectivity index (χ1v) is 6.30. The average molecular weight is 240 g/mol. The van der Waals surface area contributed by atoms with Gasteiger partial charge in [0.25, 0.3) is 0 Å². The Morgan fingerprint density at radius 2 is 2.00 bits per heavy atom. The Labute approximate surface area is 106 Å². The van der Waals surface area contributed by atoms with Crippen molar-refractivity contribution in [3.63, 3.8) is 0 Å². The first kappa shape index (κ1) is 11.2. The van der Waals surface area contributed by atoms with Crippen LogP contribution >= 0.6 is 0 Å². The highest BCUT2D eigenvalue weighted by molar-refractivity contribution is 5.89. The van der Waals surface area contributed by atoms with Gasteiger partial charge in [0.2, 0.25) is 0 Å². The number of aromatic nitrogens is 1. The summed E-state index contributed by atoms with van der Waals surface area (Å²) in [5.74, 6) is 0.226. The molecular formula is C15H16N2O. The van der Waals surface area contributed by atoms with Gasteiger partial charge < -0.3 is 0 Å². The van der Waals surface area contributed by atoms with E-state index < -0.39 is 0 Å². The number of fused-ring (bicyclic) bond motifs is 3. The van der Waals surface area contributed by atoms with Gasteiger partial charge in [0.15, 0.2) is 5.43 Å². The van der Waals surface area contributed by atoms with Crippen LogP contribution in [0.5, 0.6) is 0 Å². The summed E-state index contributed by atoms with van der Waals surface area (Å²) in [5.41, 5.74) is 4.11. The molecule has 1 aromatic carbocycles. The summed E-state index contributed by atoms with van der Waals surface area (Å²) in [4.78, 5) is 12.6. The van der Waals surface area contributed by atoms with E-state index in [2.05, 4.69) is 18.9 Å². The van der Waals surface area contributed by atoms with Gasteiger partial charge in [0, 0.05) is 23.1 Å². The van der Waals surface area contributed by atoms with Crippen molar-refractivity contribution in [2.75, 3.05) is 0 Å². The zero-order chi connectivity index (χ0) is 12.9. The van der Waals surface area contributed by atoms with Crippen LogP contribution in [0.1, 0.15) is 37.9 Å². The van der Waals surface area contributed by atoms with Gasteiger partial charge in [-0.15, -0.1) is 0 Å². The van der Waals surface area contributed by atoms with E-state index in [9.17, 15) is 4.79 Å². The lowest BCUT2D eigenvalue weighted by Crippen LogP contribution is -2.18. The summed E-state index contributed by atoms with van der Waals surface area (Å²) in [6.07, 6.45) is 0.785. The lowest BCUT2D eigenvalue weighted by atomic mass is 9.96. The molecule has 3 heteroatoms. The third-order valence-electron chi connectivity index (χ3n) is 3.46. The quantitative estimate of drug-likeness (QED) is 0.754. The highest BCUT2D eigenvalue weighted by atomic mass is 16.1. The van der Waals surface area contributed by atoms with Crippen LogP contribution in [0.3, 0.4) is 0 Å². The predicted octanol–water partition coefficient (Wildman–Crippen LogP) is 2.91. The summed E-state index contributed by atoms with van der Waals surface area (Å²) in [6.45, 7) is 6.15. The third kappa shape index (κ3) is 1.43. The SMILES string of the molecule is CC1=Nn2c(c(C(C)C)c(=O)c3ccccc32)C1. The minimum absolute atomic E-state index is 0.164. The molecule has 0 atom stereocenters. The lowest BCUT2D eigenvalue weighted by Gasteiger charge is -2.14. The second-order valence-electron chi connectivity index (χ2n) is 5.19. The van der Waals surface area contributed by atoms with Crippen molar-refractivity contribution in [1.82, 2.24) is 4.68 Å². The van der Waals surface area contributed by atoms with Gasteiger partial charge in [-0.25, -0.2) is 4.68 Å². The number of rotatable bonds is 1. The topological polar surface area (TPSA) is 34.4 Å². The van der Waals surface area contributed by atoms with Crippen LogP contribution in [-0.2, 0) is 6.42 Å². The Morgan fingerprint density at radius 3 is 2.72 bits per heavy atom. The molecular weight excluding hydrogens is 224 g/mol. The zero-order valence-electron chi connectivity index (χ0n) is 10.9. The molecule has 2 heterocycles. The Hall–Kier alpha value is -1.90. The molecule has 1 aliphatic rings. The molecule has 3 rings (SSSR count). The maximum atomic E-state index is 12.6. The summed E-state index contributed by atoms with van der Waals surface area (Å²) in [6, 6.07) is 7.71. The molecule has 0 radical (unpaired) electrons. The Morgan fingerprint density at radius 1 is 1.28 bits per heavy atom. The maximum Gasteiger partial charge on any atom is 0.193 e. The van der Waals surface area contributed by atoms with Gasteiger partial charge >= 0.3 is 0 Å². The van der Waals surface area contributed by atoms with Crippen LogP contribution in [0.2, 0.25) is 0 Å². The molecule has 0 saturated carbocycles. The summed E-state index contributed by atoms with van der Waals surface area (Å²) in [5, 5.41) is 5.33. The molecule has 1 aliphatic heterocycles. The molecule has 0 unspecified atom stereocenters. The van der Waals surface area contributed by atoms with Gasteiger partial charge in [0.1, 0.15) is 0 Å². The predicted molar refractivity (Wildman–Crippen MR) is 74.5 cm³/mol. The fourth-order valence-corrected chi connectivity index (χ4v) is 2.71. The third-order valence-corrected chi connectivity index (χ3v) is 3.46. The molecule has 1 aromatic heterocycles. The molecule has 0 saturated heterocycles. The van der Waals surface area contributed by atoms with E-state index >= 15 is 0 Å². The number of pyridine rings is 1. The smallest absolute Gasteiger partial charge is 0.193 e. The Bertz CT molecular complexity index is 723. The normalized spacial score (nSPS) is 14.1. The molecule has 0 spiro atoms. The number of hydrogen-bond acceptors (Lipinski definition) is 2. The largest absolute Gasteiger partial charge is 0.289 e. The first-order valence-electron chi connectivity index (χ1n) is 6.30. The Balaban J connectivity index is 2.52. The van der Waals surface area contributed by atoms with Crippen LogP contribution in [0.4, 0.5) is 0 Å². The molecule has 18 heavy (non-hydrogen) atoms. The number of benzene rings is 1. The van der Waals surface area contributed by atoms with E-state index in [4.69, 9.17) is 0 Å². The highest BCUT2D eigenvalue weighted by Crippen LogP contribution is 2.25. The van der Waals surface area contributed by atoms with Crippen molar-refractivity contribution in [2.45, 2.75) is 33.1 Å². The lowest BCUT2D eigenvalue weighted by molar-refractivity contribution is 0.795. The van der Waals surface area contributed by atoms with Crippen molar-refractivity contribution in [2.24, 2.45) is 5.10 Å². The first-order chi connectivity index (χ1) is 8.59. The van der Waals surface area contributed by atoms with Crippen molar-refractivity contribution < 1.29 is 0 Å². The number of hydrogen-bond donors (Lipinski definition) is 0. The standard InChI is InChI=1S/C15H16N2O/c1-9(2)14-13-8-10(3)16-17(13)12-7-5-4-6-11(12)15(14)18/h4-7,9H,8H2,1-3H3. The van der Waals surface area contributed by atoms with Gasteiger partial charge in [-0.1, -0.05) is 26.0 Å². The van der Waals surface area contributed by atoms with Gasteiger partial charge in [0.05, 0.1) is 11.2 Å². The Kier molecular flexibility index (Phi) is 2.37. The van der Waals surface area contributed by atoms with Crippen LogP contribution < -0.4 is 5.43 Å². The minimum Gasteiger partial charge on any atom is -0.289 e. The molecule has 0 fully saturated rings. The van der Waals surface area contributed by atoms with Crippen LogP contribution in [-0.4, -0.2) is 10.4 Å². The second kappa shape index (κ2) is 3.80. The average Bonchev–Trinajstić information content (AvgIpc) is 2.70. The highest BCUT2D eigenvalue weighted by Gasteiger charge is 2.22. The minimum atomic E-state index is 0.164. The van der Waals surface area contributed by atoms with Crippen molar-refractivity contribution in [3.8, 4) is 0 Å². The maximum absolute atomic E-state index is 12.6. The monoisotopic (exact) mass is 240 g/mol. The van der Waals surface area contributed by atoms with Gasteiger partial charge in [-0.2, -0.15) is 5.10 Å². The molecule has 0 amide bonds. The van der Waals surface area contributed by atoms with Crippen LogP contribution in [0.15, 0.2) is 34.2 Å². The van der Waals surface area contributed by atoms with Gasteiger partial charge in [-0.05, 0) is 25.0 Å². The van der Waals surface area contributed by atoms with Crippen molar-refractivity contribution >= 4 is 16.6 Å². The van der Waals surface area contributed by atoms with Crippen LogP contribution in [0, 0.1) is 0 Å². The van der Waals surface area contributed by atoms with E-state index in [1.54, 1.807) is 0 Å². The summed E-state index contributed by atoms with van der Waals surface area (Å²) >= 11 is 0. The van der Waals surface area contributed by atoms with Gasteiger partial charge in [-0.3, -0.25) is 4.79 Å². The van der Waals surface area contributed by atoms with E-state index in [0.29, 0.717) is 0 Å². The number of nitrogens with zero attached hydrogens (tertiary/aromatic N) is 2. The molecule has 0 aliphatic carbocycles. The molecule has 92 valence electrons. The summed E-state index contributed by atoms with van der Waals surface area (Å²) < 4.78 is 1.95. The van der Waals surface area contributed by atoms with Crippen LogP contribution in [0.25, 0.3) is 10.9 Å². The molecule has 0 bridgehead atoms. The fraction of sp³-hybridized carbons (Fsp3) is 0.333. The van der Waals surface area contributed by atoms with E-state index in [1.807, 2.05) is 35.9 Å². The zero-order valence-corrected chi connectivity index (χ0v) is 10.9. The van der Waals surface area contributed by atoms with Crippen molar-refractivity contribution in [3.05, 3.63) is 45.7 Å². The second-order valence-corrected chi connectivity index (χ2v) is 5.19. The fourth-order valence-electron chi connectivity index (χ4n) is 2.71. The molecule has 0 N–H and O–H groups in total. The van der Waals surface area contributed by atoms with E-state index in [1.165, 1.54) is 0 Å². The van der Waals surface area contributed by atoms with Crippen molar-refractivity contribution in [1.29, 1.82) is 0 Å². The molecule has 2 aromatic rings. The number of para-hydroxylation sites is 1. The summed E-state index contributed by atoms with van der Waals surface area (Å²) in [7, 11) is 0. The van der Waals surface area contributed by atoms with E-state index in [0.717, 1.165) is 34.3 Å². The molecule has 3 nitrogen and oxygen atoms in total. The van der Waals surface area contributed by atoms with E-state index in [-0.39, 0.29) is 11.3 Å².